The molecule has 1 unspecified atom stereocenters. The molecule has 0 aliphatic carbocycles. The number of nitrogens with zero attached hydrogens (tertiary/aromatic N) is 1. The maximum absolute atomic E-state index is 12.4. The minimum absolute atomic E-state index is 0.0917. The lowest BCUT2D eigenvalue weighted by atomic mass is 10.1. The smallest absolute Gasteiger partial charge is 0.242 e. The van der Waals surface area contributed by atoms with E-state index in [9.17, 15) is 16.8 Å². The molecule has 2 rings (SSSR count). The Hall–Kier alpha value is -2.01. The van der Waals surface area contributed by atoms with Gasteiger partial charge in [-0.1, -0.05) is 37.6 Å². The maximum atomic E-state index is 12.4. The van der Waals surface area contributed by atoms with Crippen molar-refractivity contribution in [2.75, 3.05) is 12.4 Å². The average Bonchev–Trinajstić information content (AvgIpc) is 2.66. The first-order valence-electron chi connectivity index (χ1n) is 9.36. The van der Waals surface area contributed by atoms with E-state index < -0.39 is 20.0 Å². The quantitative estimate of drug-likeness (QED) is 0.493. The fourth-order valence-corrected chi connectivity index (χ4v) is 4.77. The van der Waals surface area contributed by atoms with E-state index in [1.54, 1.807) is 24.3 Å². The number of hydrogen-bond acceptors (Lipinski definition) is 6. The van der Waals surface area contributed by atoms with Crippen LogP contribution < -0.4 is 14.8 Å². The third-order valence-electron chi connectivity index (χ3n) is 4.26. The molecule has 0 aliphatic heterocycles. The maximum Gasteiger partial charge on any atom is 0.242 e. The third kappa shape index (κ3) is 7.39. The van der Waals surface area contributed by atoms with Crippen molar-refractivity contribution in [1.29, 1.82) is 0 Å². The van der Waals surface area contributed by atoms with Crippen molar-refractivity contribution < 1.29 is 16.8 Å². The second-order valence-electron chi connectivity index (χ2n) is 6.83. The Morgan fingerprint density at radius 3 is 2.41 bits per heavy atom. The van der Waals surface area contributed by atoms with Gasteiger partial charge in [0.05, 0.1) is 5.75 Å². The van der Waals surface area contributed by atoms with Crippen LogP contribution in [0.1, 0.15) is 37.8 Å². The topological polar surface area (TPSA) is 117 Å². The summed E-state index contributed by atoms with van der Waals surface area (Å²) >= 11 is 0. The summed E-state index contributed by atoms with van der Waals surface area (Å²) in [6, 6.07) is 10.2. The van der Waals surface area contributed by atoms with Crippen LogP contribution in [0.4, 0.5) is 5.82 Å². The highest BCUT2D eigenvalue weighted by atomic mass is 32.2. The molecule has 0 amide bonds. The Balaban J connectivity index is 2.00. The zero-order chi connectivity index (χ0) is 21.5. The molecule has 3 N–H and O–H groups in total. The summed E-state index contributed by atoms with van der Waals surface area (Å²) in [6.07, 6.45) is 2.98. The largest absolute Gasteiger partial charge is 0.366 e. The van der Waals surface area contributed by atoms with Crippen LogP contribution in [0.3, 0.4) is 0 Å². The van der Waals surface area contributed by atoms with E-state index in [-0.39, 0.29) is 16.7 Å². The Bertz CT molecular complexity index is 1010. The van der Waals surface area contributed by atoms with E-state index in [1.165, 1.54) is 19.3 Å². The molecule has 160 valence electrons. The van der Waals surface area contributed by atoms with Gasteiger partial charge in [-0.05, 0) is 43.7 Å². The number of hydrogen-bond donors (Lipinski definition) is 3. The Morgan fingerprint density at radius 2 is 1.79 bits per heavy atom. The van der Waals surface area contributed by atoms with Crippen LogP contribution in [0.25, 0.3) is 0 Å². The summed E-state index contributed by atoms with van der Waals surface area (Å²) < 4.78 is 53.0. The van der Waals surface area contributed by atoms with Gasteiger partial charge < -0.3 is 5.32 Å². The fourth-order valence-electron chi connectivity index (χ4n) is 2.78. The zero-order valence-corrected chi connectivity index (χ0v) is 18.5. The molecule has 1 aromatic carbocycles. The summed E-state index contributed by atoms with van der Waals surface area (Å²) in [6.45, 7) is 4.26. The van der Waals surface area contributed by atoms with Crippen LogP contribution >= 0.6 is 0 Å². The molecule has 0 aliphatic rings. The van der Waals surface area contributed by atoms with Crippen molar-refractivity contribution in [1.82, 2.24) is 14.4 Å². The number of aromatic nitrogens is 1. The first-order valence-corrected chi connectivity index (χ1v) is 12.5. The summed E-state index contributed by atoms with van der Waals surface area (Å²) in [5.74, 6) is 0.435. The molecule has 0 radical (unpaired) electrons. The molecular formula is C19H28N4O4S2. The Labute approximate surface area is 173 Å². The third-order valence-corrected chi connectivity index (χ3v) is 7.17. The minimum atomic E-state index is -3.59. The number of nitrogens with one attached hydrogen (secondary N) is 3. The first-order chi connectivity index (χ1) is 13.6. The molecule has 1 heterocycles. The van der Waals surface area contributed by atoms with Gasteiger partial charge in [0.25, 0.3) is 0 Å². The van der Waals surface area contributed by atoms with Crippen LogP contribution in [0.5, 0.6) is 0 Å². The van der Waals surface area contributed by atoms with Crippen LogP contribution in [-0.4, -0.2) is 34.9 Å². The second kappa shape index (κ2) is 10.1. The van der Waals surface area contributed by atoms with Crippen molar-refractivity contribution in [3.8, 4) is 0 Å². The van der Waals surface area contributed by atoms with Crippen LogP contribution in [0, 0.1) is 0 Å². The number of sulfonamides is 2. The molecule has 0 spiro atoms. The van der Waals surface area contributed by atoms with Gasteiger partial charge in [0.15, 0.2) is 0 Å². The zero-order valence-electron chi connectivity index (χ0n) is 16.8. The predicted molar refractivity (Wildman–Crippen MR) is 114 cm³/mol. The molecule has 1 aromatic heterocycles. The molecule has 0 fully saturated rings. The van der Waals surface area contributed by atoms with Gasteiger partial charge in [-0.25, -0.2) is 31.3 Å². The van der Waals surface area contributed by atoms with Crippen molar-refractivity contribution >= 4 is 25.9 Å². The monoisotopic (exact) mass is 440 g/mol. The summed E-state index contributed by atoms with van der Waals surface area (Å²) in [7, 11) is -5.54. The summed E-state index contributed by atoms with van der Waals surface area (Å²) in [5, 5.41) is 3.11. The molecule has 0 saturated carbocycles. The highest BCUT2D eigenvalue weighted by Gasteiger charge is 2.17. The predicted octanol–water partition coefficient (Wildman–Crippen LogP) is 2.21. The van der Waals surface area contributed by atoms with E-state index in [2.05, 4.69) is 19.7 Å². The van der Waals surface area contributed by atoms with E-state index in [0.717, 1.165) is 18.4 Å². The van der Waals surface area contributed by atoms with Gasteiger partial charge in [-0.3, -0.25) is 0 Å². The molecule has 8 nitrogen and oxygen atoms in total. The van der Waals surface area contributed by atoms with Gasteiger partial charge in [0.1, 0.15) is 10.7 Å². The number of anilines is 1. The molecule has 0 bridgehead atoms. The highest BCUT2D eigenvalue weighted by molar-refractivity contribution is 7.89. The Kier molecular flexibility index (Phi) is 8.14. The lowest BCUT2D eigenvalue weighted by Crippen LogP contribution is -2.32. The molecule has 1 atom stereocenters. The SMILES string of the molecule is CCCC(C)NS(=O)(=O)c1ccc(NCc2cccc(CS(=O)(=O)NC)c2)nc1. The molecular weight excluding hydrogens is 412 g/mol. The second-order valence-corrected chi connectivity index (χ2v) is 10.5. The van der Waals surface area contributed by atoms with Crippen molar-refractivity contribution in [2.24, 2.45) is 0 Å². The van der Waals surface area contributed by atoms with Crippen molar-refractivity contribution in [3.05, 3.63) is 53.7 Å². The molecule has 0 saturated heterocycles. The van der Waals surface area contributed by atoms with E-state index >= 15 is 0 Å². The first kappa shape index (κ1) is 23.3. The fraction of sp³-hybridized carbons (Fsp3) is 0.421. The normalized spacial score (nSPS) is 13.2. The standard InChI is InChI=1S/C19H28N4O4S2/c1-4-6-15(2)23-29(26,27)18-9-10-19(22-13-18)21-12-16-7-5-8-17(11-16)14-28(24,25)20-3/h5,7-11,13,15,20,23H,4,6,12,14H2,1-3H3,(H,21,22). The van der Waals surface area contributed by atoms with Crippen LogP contribution in [0.2, 0.25) is 0 Å². The Morgan fingerprint density at radius 1 is 1.07 bits per heavy atom. The summed E-state index contributed by atoms with van der Waals surface area (Å²) in [4.78, 5) is 4.29. The highest BCUT2D eigenvalue weighted by Crippen LogP contribution is 2.14. The number of pyridine rings is 1. The lowest BCUT2D eigenvalue weighted by molar-refractivity contribution is 0.543. The van der Waals surface area contributed by atoms with E-state index in [4.69, 9.17) is 0 Å². The van der Waals surface area contributed by atoms with Gasteiger partial charge >= 0.3 is 0 Å². The lowest BCUT2D eigenvalue weighted by Gasteiger charge is -2.13. The van der Waals surface area contributed by atoms with Gasteiger partial charge in [-0.15, -0.1) is 0 Å². The molecule has 29 heavy (non-hydrogen) atoms. The minimum Gasteiger partial charge on any atom is -0.366 e. The average molecular weight is 441 g/mol. The number of rotatable bonds is 11. The summed E-state index contributed by atoms with van der Waals surface area (Å²) in [5.41, 5.74) is 1.57. The molecule has 2 aromatic rings. The van der Waals surface area contributed by atoms with Crippen LogP contribution in [0.15, 0.2) is 47.5 Å². The molecule has 10 heteroatoms. The van der Waals surface area contributed by atoms with E-state index in [1.807, 2.05) is 19.9 Å². The van der Waals surface area contributed by atoms with E-state index in [0.29, 0.717) is 17.9 Å². The van der Waals surface area contributed by atoms with Crippen molar-refractivity contribution in [2.45, 2.75) is 49.9 Å². The van der Waals surface area contributed by atoms with Crippen molar-refractivity contribution in [3.63, 3.8) is 0 Å². The van der Waals surface area contributed by atoms with Gasteiger partial charge in [0.2, 0.25) is 20.0 Å². The number of benzene rings is 1. The van der Waals surface area contributed by atoms with Crippen LogP contribution in [-0.2, 0) is 32.3 Å². The van der Waals surface area contributed by atoms with Gasteiger partial charge in [0, 0.05) is 18.8 Å². The van der Waals surface area contributed by atoms with Gasteiger partial charge in [-0.2, -0.15) is 0 Å².